The van der Waals surface area contributed by atoms with E-state index < -0.39 is 11.4 Å². The molecule has 22 heavy (non-hydrogen) atoms. The molecule has 2 heterocycles. The van der Waals surface area contributed by atoms with Gasteiger partial charge in [-0.3, -0.25) is 14.5 Å². The molecule has 0 spiro atoms. The summed E-state index contributed by atoms with van der Waals surface area (Å²) in [7, 11) is 0. The van der Waals surface area contributed by atoms with Crippen LogP contribution in [0.1, 0.15) is 24.1 Å². The number of nitrogens with one attached hydrogen (secondary N) is 1. The molecule has 2 aliphatic rings. The molecule has 2 fully saturated rings. The van der Waals surface area contributed by atoms with Crippen LogP contribution in [0.5, 0.6) is 0 Å². The number of likely N-dealkylation sites (tertiary alicyclic amines) is 1. The minimum absolute atomic E-state index is 0.0648. The van der Waals surface area contributed by atoms with Crippen molar-refractivity contribution in [3.63, 3.8) is 0 Å². The molecule has 2 N–H and O–H groups in total. The van der Waals surface area contributed by atoms with Crippen LogP contribution in [-0.2, 0) is 16.1 Å². The zero-order valence-corrected chi connectivity index (χ0v) is 13.8. The molecule has 1 saturated carbocycles. The molecule has 1 aromatic heterocycles. The Hall–Kier alpha value is -1.11. The highest BCUT2D eigenvalue weighted by Crippen LogP contribution is 2.48. The quantitative estimate of drug-likeness (QED) is 0.860. The molecule has 1 amide bonds. The number of fused-ring (bicyclic) bond motifs is 1. The lowest BCUT2D eigenvalue weighted by Gasteiger charge is -2.23. The van der Waals surface area contributed by atoms with Gasteiger partial charge in [0.25, 0.3) is 0 Å². The van der Waals surface area contributed by atoms with Crippen LogP contribution < -0.4 is 5.32 Å². The summed E-state index contributed by atoms with van der Waals surface area (Å²) >= 11 is 7.30. The predicted molar refractivity (Wildman–Crippen MR) is 85.0 cm³/mol. The van der Waals surface area contributed by atoms with E-state index in [1.54, 1.807) is 0 Å². The van der Waals surface area contributed by atoms with Gasteiger partial charge >= 0.3 is 5.97 Å². The highest BCUT2D eigenvalue weighted by molar-refractivity contribution is 7.16. The molecule has 3 rings (SSSR count). The van der Waals surface area contributed by atoms with Crippen LogP contribution in [0.25, 0.3) is 0 Å². The molecule has 5 nitrogen and oxygen atoms in total. The number of amides is 1. The van der Waals surface area contributed by atoms with E-state index in [0.717, 1.165) is 24.1 Å². The van der Waals surface area contributed by atoms with Gasteiger partial charge in [0.2, 0.25) is 5.91 Å². The fraction of sp³-hybridized carbons (Fsp3) is 0.600. The smallest absolute Gasteiger partial charge is 0.311 e. The summed E-state index contributed by atoms with van der Waals surface area (Å²) in [5, 5.41) is 12.4. The minimum Gasteiger partial charge on any atom is -0.481 e. The number of rotatable bonds is 5. The average Bonchev–Trinajstić information content (AvgIpc) is 3.10. The second-order valence-electron chi connectivity index (χ2n) is 6.20. The Balaban J connectivity index is 1.51. The first kappa shape index (κ1) is 15.8. The zero-order chi connectivity index (χ0) is 15.7. The number of aliphatic carboxylic acids is 1. The Morgan fingerprint density at radius 2 is 2.32 bits per heavy atom. The first-order chi connectivity index (χ1) is 10.5. The fourth-order valence-corrected chi connectivity index (χ4v) is 4.78. The van der Waals surface area contributed by atoms with Crippen molar-refractivity contribution >= 4 is 34.8 Å². The van der Waals surface area contributed by atoms with E-state index in [1.165, 1.54) is 11.3 Å². The summed E-state index contributed by atoms with van der Waals surface area (Å²) in [6, 6.07) is 3.71. The van der Waals surface area contributed by atoms with Crippen LogP contribution in [0.4, 0.5) is 0 Å². The lowest BCUT2D eigenvalue weighted by atomic mass is 9.81. The van der Waals surface area contributed by atoms with Gasteiger partial charge in [-0.2, -0.15) is 0 Å². The Bertz CT molecular complexity index is 591. The second-order valence-corrected chi connectivity index (χ2v) is 8.00. The Kier molecular flexibility index (Phi) is 4.43. The third kappa shape index (κ3) is 3.00. The van der Waals surface area contributed by atoms with E-state index in [0.29, 0.717) is 24.0 Å². The number of carboxylic acid groups (broad SMARTS) is 1. The van der Waals surface area contributed by atoms with Crippen LogP contribution in [0.3, 0.4) is 0 Å². The fourth-order valence-electron chi connectivity index (χ4n) is 3.75. The lowest BCUT2D eigenvalue weighted by molar-refractivity contribution is -0.149. The number of nitrogens with zero attached hydrogens (tertiary/aromatic N) is 1. The second kappa shape index (κ2) is 6.18. The van der Waals surface area contributed by atoms with Crippen molar-refractivity contribution in [2.75, 3.05) is 19.6 Å². The first-order valence-electron chi connectivity index (χ1n) is 7.46. The van der Waals surface area contributed by atoms with Crippen molar-refractivity contribution in [1.82, 2.24) is 10.2 Å². The molecule has 1 aliphatic heterocycles. The molecule has 7 heteroatoms. The van der Waals surface area contributed by atoms with Crippen molar-refractivity contribution < 1.29 is 14.7 Å². The van der Waals surface area contributed by atoms with Gasteiger partial charge in [0, 0.05) is 18.0 Å². The average molecular weight is 343 g/mol. The summed E-state index contributed by atoms with van der Waals surface area (Å²) in [5.41, 5.74) is -0.623. The van der Waals surface area contributed by atoms with Crippen LogP contribution >= 0.6 is 22.9 Å². The molecule has 1 aromatic rings. The summed E-state index contributed by atoms with van der Waals surface area (Å²) < 4.78 is 0.708. The van der Waals surface area contributed by atoms with Crippen molar-refractivity contribution in [3.05, 3.63) is 21.3 Å². The van der Waals surface area contributed by atoms with Crippen LogP contribution in [0, 0.1) is 11.3 Å². The molecule has 0 unspecified atom stereocenters. The normalized spacial score (nSPS) is 27.8. The highest BCUT2D eigenvalue weighted by atomic mass is 35.5. The highest BCUT2D eigenvalue weighted by Gasteiger charge is 2.54. The van der Waals surface area contributed by atoms with Crippen molar-refractivity contribution in [3.8, 4) is 0 Å². The summed E-state index contributed by atoms with van der Waals surface area (Å²) in [6.45, 7) is 1.94. The molecule has 120 valence electrons. The standard InChI is InChI=1S/C15H19ClN2O3S/c16-12-4-3-11(22-12)6-17-13(19)8-18-7-10-2-1-5-15(10,9-18)14(20)21/h3-4,10H,1-2,5-9H2,(H,17,19)(H,20,21)/t10-,15+/m0/s1. The lowest BCUT2D eigenvalue weighted by Crippen LogP contribution is -2.39. The van der Waals surface area contributed by atoms with Gasteiger partial charge in [-0.05, 0) is 30.9 Å². The van der Waals surface area contributed by atoms with Gasteiger partial charge in [0.05, 0.1) is 22.8 Å². The van der Waals surface area contributed by atoms with Crippen molar-refractivity contribution in [2.24, 2.45) is 11.3 Å². The maximum absolute atomic E-state index is 12.0. The van der Waals surface area contributed by atoms with Crippen LogP contribution in [-0.4, -0.2) is 41.5 Å². The topological polar surface area (TPSA) is 69.6 Å². The number of thiophene rings is 1. The van der Waals surface area contributed by atoms with Gasteiger partial charge in [-0.15, -0.1) is 11.3 Å². The Morgan fingerprint density at radius 1 is 1.50 bits per heavy atom. The van der Waals surface area contributed by atoms with E-state index in [9.17, 15) is 14.7 Å². The summed E-state index contributed by atoms with van der Waals surface area (Å²) in [4.78, 5) is 26.6. The maximum atomic E-state index is 12.0. The monoisotopic (exact) mass is 342 g/mol. The van der Waals surface area contributed by atoms with Crippen molar-refractivity contribution in [2.45, 2.75) is 25.8 Å². The van der Waals surface area contributed by atoms with Crippen LogP contribution in [0.15, 0.2) is 12.1 Å². The first-order valence-corrected chi connectivity index (χ1v) is 8.66. The Labute approximate surface area is 138 Å². The van der Waals surface area contributed by atoms with Crippen molar-refractivity contribution in [1.29, 1.82) is 0 Å². The molecule has 1 saturated heterocycles. The number of hydrogen-bond donors (Lipinski definition) is 2. The largest absolute Gasteiger partial charge is 0.481 e. The van der Waals surface area contributed by atoms with Gasteiger partial charge in [-0.25, -0.2) is 0 Å². The summed E-state index contributed by atoms with van der Waals surface area (Å²) in [6.07, 6.45) is 2.67. The van der Waals surface area contributed by atoms with Crippen LogP contribution in [0.2, 0.25) is 4.34 Å². The Morgan fingerprint density at radius 3 is 2.95 bits per heavy atom. The molecule has 1 aliphatic carbocycles. The molecule has 0 bridgehead atoms. The summed E-state index contributed by atoms with van der Waals surface area (Å²) in [5.74, 6) is -0.579. The number of carbonyl (C=O) groups is 2. The van der Waals surface area contributed by atoms with Gasteiger partial charge in [0.15, 0.2) is 0 Å². The van der Waals surface area contributed by atoms with E-state index in [1.807, 2.05) is 17.0 Å². The van der Waals surface area contributed by atoms with Gasteiger partial charge in [-0.1, -0.05) is 18.0 Å². The molecular formula is C15H19ClN2O3S. The number of halogens is 1. The van der Waals surface area contributed by atoms with E-state index in [4.69, 9.17) is 11.6 Å². The number of hydrogen-bond acceptors (Lipinski definition) is 4. The molecular weight excluding hydrogens is 324 g/mol. The van der Waals surface area contributed by atoms with E-state index in [-0.39, 0.29) is 18.4 Å². The zero-order valence-electron chi connectivity index (χ0n) is 12.2. The molecule has 0 radical (unpaired) electrons. The number of carboxylic acids is 1. The SMILES string of the molecule is O=C(CN1C[C@@H]2CCC[C@@]2(C(=O)O)C1)NCc1ccc(Cl)s1. The minimum atomic E-state index is -0.703. The maximum Gasteiger partial charge on any atom is 0.311 e. The van der Waals surface area contributed by atoms with Gasteiger partial charge < -0.3 is 10.4 Å². The third-order valence-corrected chi connectivity index (χ3v) is 6.05. The van der Waals surface area contributed by atoms with E-state index >= 15 is 0 Å². The molecule has 0 aromatic carbocycles. The molecule has 2 atom stereocenters. The van der Waals surface area contributed by atoms with E-state index in [2.05, 4.69) is 5.32 Å². The third-order valence-electron chi connectivity index (χ3n) is 4.82. The predicted octanol–water partition coefficient (Wildman–Crippen LogP) is 2.20. The number of carbonyl (C=O) groups excluding carboxylic acids is 1. The van der Waals surface area contributed by atoms with Gasteiger partial charge in [0.1, 0.15) is 0 Å².